The first-order chi connectivity index (χ1) is 68.1. The van der Waals surface area contributed by atoms with Gasteiger partial charge in [-0.1, -0.05) is 324 Å². The lowest BCUT2D eigenvalue weighted by Gasteiger charge is -2.29. The van der Waals surface area contributed by atoms with E-state index < -0.39 is 110 Å². The number of ether oxygens (including phenoxy) is 4. The van der Waals surface area contributed by atoms with Crippen molar-refractivity contribution in [2.24, 2.45) is 0 Å². The highest BCUT2D eigenvalue weighted by Gasteiger charge is 2.36. The van der Waals surface area contributed by atoms with Crippen molar-refractivity contribution in [1.29, 1.82) is 0 Å². The second-order valence-electron chi connectivity index (χ2n) is 41.5. The zero-order valence-electron chi connectivity index (χ0n) is 85.2. The minimum atomic E-state index is -4.26. The van der Waals surface area contributed by atoms with Gasteiger partial charge in [0, 0.05) is 25.7 Å². The number of hydrogen-bond donors (Lipinski definition) is 8. The van der Waals surface area contributed by atoms with Crippen LogP contribution in [0.4, 0.5) is 0 Å². The Hall–Kier alpha value is -12.6. The lowest BCUT2D eigenvalue weighted by atomic mass is 9.79. The zero-order valence-corrected chi connectivity index (χ0v) is 88.5. The largest absolute Gasteiger partial charge is 0.491 e. The summed E-state index contributed by atoms with van der Waals surface area (Å²) in [6.07, 6.45) is 0.486. The average molecular weight is 2030 g/mol. The Morgan fingerprint density at radius 3 is 0.562 bits per heavy atom. The van der Waals surface area contributed by atoms with E-state index in [1.807, 2.05) is 149 Å². The number of amides is 4. The Labute approximate surface area is 851 Å². The molecule has 12 aromatic carbocycles. The zero-order chi connectivity index (χ0) is 104. The Balaban J connectivity index is 0.970. The number of nitrogens with one attached hydrogen (secondary N) is 8. The van der Waals surface area contributed by atoms with Crippen LogP contribution in [-0.2, 0) is 132 Å². The van der Waals surface area contributed by atoms with Crippen molar-refractivity contribution >= 4 is 63.7 Å². The fraction of sp³-hybridized carbons (Fsp3) is 0.345. The molecule has 4 unspecified atom stereocenters. The monoisotopic (exact) mass is 2020 g/mol. The Morgan fingerprint density at radius 1 is 0.250 bits per heavy atom. The van der Waals surface area contributed by atoms with Crippen molar-refractivity contribution in [2.45, 2.75) is 228 Å². The maximum atomic E-state index is 15.0. The SMILES string of the molecule is Cc1ccc(S(=O)(=O)NC(Cc2ccccc2)C(=O)NCCOc2c3cc(C(C)(C)C)cc2Cc2cc(C(C)(C)C)cc(c2OCCNC(=O)C(Cc2ccccc2)NS(=O)(=O)c2ccc(C)cc2)Cc2cc(C(C)(C)C)cc(c2OCCNC(=O)C(Cc2ccccc2)NS(=O)(=O)c2ccc(C)cc2)Cc2cc(C(C)(C)C)cc(c2OCCNC(=O)C(Cc2ccccc2)NS(=O)(=O)c2ccc(C)cc2)C3)cc1. The molecule has 0 saturated carbocycles. The molecular formula is C116H136N8O16S4. The van der Waals surface area contributed by atoms with E-state index in [1.165, 1.54) is 48.5 Å². The number of benzene rings is 12. The molecule has 4 amide bonds. The van der Waals surface area contributed by atoms with Crippen LogP contribution in [0.2, 0.25) is 0 Å². The van der Waals surface area contributed by atoms with E-state index in [1.54, 1.807) is 48.5 Å². The number of carbonyl (C=O) groups excluding carboxylic acids is 4. The molecule has 0 spiro atoms. The molecule has 8 bridgehead atoms. The summed E-state index contributed by atoms with van der Waals surface area (Å²) in [6.45, 7) is 31.9. The lowest BCUT2D eigenvalue weighted by molar-refractivity contribution is -0.123. The van der Waals surface area contributed by atoms with Gasteiger partial charge < -0.3 is 40.2 Å². The number of fused-ring (bicyclic) bond motifs is 8. The molecule has 13 rings (SSSR count). The minimum absolute atomic E-state index is 0.00786. The smallest absolute Gasteiger partial charge is 0.241 e. The van der Waals surface area contributed by atoms with Gasteiger partial charge in [0.15, 0.2) is 0 Å². The van der Waals surface area contributed by atoms with E-state index in [0.717, 1.165) is 44.5 Å². The lowest BCUT2D eigenvalue weighted by Crippen LogP contribution is -2.48. The normalized spacial score (nSPS) is 13.6. The third-order valence-corrected chi connectivity index (χ3v) is 31.4. The molecule has 0 saturated heterocycles. The summed E-state index contributed by atoms with van der Waals surface area (Å²) >= 11 is 0. The third-order valence-electron chi connectivity index (χ3n) is 25.5. The first-order valence-corrected chi connectivity index (χ1v) is 54.8. The summed E-state index contributed by atoms with van der Waals surface area (Å²) in [5.41, 5.74) is 13.2. The van der Waals surface area contributed by atoms with Crippen molar-refractivity contribution in [3.63, 3.8) is 0 Å². The van der Waals surface area contributed by atoms with Gasteiger partial charge in [-0.3, -0.25) is 19.2 Å². The van der Waals surface area contributed by atoms with Crippen LogP contribution >= 0.6 is 0 Å². The highest BCUT2D eigenvalue weighted by molar-refractivity contribution is 7.90. The van der Waals surface area contributed by atoms with E-state index in [0.29, 0.717) is 89.8 Å². The van der Waals surface area contributed by atoms with Gasteiger partial charge in [0.2, 0.25) is 63.7 Å². The minimum Gasteiger partial charge on any atom is -0.491 e. The molecule has 0 radical (unpaired) electrons. The van der Waals surface area contributed by atoms with Gasteiger partial charge in [-0.25, -0.2) is 33.7 Å². The van der Waals surface area contributed by atoms with E-state index in [2.05, 4.69) is 172 Å². The van der Waals surface area contributed by atoms with Crippen LogP contribution in [-0.4, -0.2) is 134 Å². The van der Waals surface area contributed by atoms with Crippen molar-refractivity contribution in [3.8, 4) is 23.0 Å². The average Bonchev–Trinajstić information content (AvgIpc) is 0.755. The third kappa shape index (κ3) is 29.8. The molecule has 0 heterocycles. The van der Waals surface area contributed by atoms with E-state index in [4.69, 9.17) is 18.9 Å². The van der Waals surface area contributed by atoms with Gasteiger partial charge in [-0.2, -0.15) is 18.9 Å². The fourth-order valence-electron chi connectivity index (χ4n) is 17.2. The number of aryl methyl sites for hydroxylation is 4. The Bertz CT molecular complexity index is 6060. The standard InChI is InChI=1S/C116H136N8O16S4/c1-77-37-45-97(46-38-77)141(129,130)121-101(61-81-29-21-17-22-30-81)109(125)117-53-57-137-105-85-65-87-71-94(114(8,9)10)73-89(106(87)138-58-54-118-110(126)102(62-82-31-23-18-24-32-82)122-142(131,132)98-47-39-78(2)40-48-98)67-91-75-96(116(14,15)16)76-92(108(91)140-60-56-120-112(128)104(64-84-35-27-20-28-36-84)124-144(135,136)100-51-43-80(4)44-52-100)68-90-74-95(115(11,12)13)72-88(66-86(105)70-93(69-85)113(5,6)7)107(90)139-59-55-119-111(127)103(63-83-33-25-19-26-34-83)123-143(133,134)99-49-41-79(3)42-50-99/h17-52,69-76,101-104,121-124H,53-68H2,1-16H3,(H,117,125)(H,118,126)(H,119,127)(H,120,128). The summed E-state index contributed by atoms with van der Waals surface area (Å²) in [6, 6.07) is 74.0. The number of sulfonamides is 4. The van der Waals surface area contributed by atoms with Crippen LogP contribution < -0.4 is 59.1 Å². The second kappa shape index (κ2) is 47.0. The van der Waals surface area contributed by atoms with Gasteiger partial charge in [-0.15, -0.1) is 0 Å². The van der Waals surface area contributed by atoms with Crippen LogP contribution in [0.15, 0.2) is 287 Å². The summed E-state index contributed by atoms with van der Waals surface area (Å²) in [5.74, 6) is -0.639. The molecule has 12 aromatic rings. The summed E-state index contributed by atoms with van der Waals surface area (Å²) < 4.78 is 155. The molecule has 144 heavy (non-hydrogen) atoms. The predicted octanol–water partition coefficient (Wildman–Crippen LogP) is 17.1. The maximum Gasteiger partial charge on any atom is 0.241 e. The quantitative estimate of drug-likeness (QED) is 0.0165. The highest BCUT2D eigenvalue weighted by atomic mass is 32.2. The Kier molecular flexibility index (Phi) is 35.5. The number of rotatable bonds is 40. The molecular weight excluding hydrogens is 1890 g/mol. The molecule has 28 heteroatoms. The molecule has 0 aromatic heterocycles. The number of hydrogen-bond acceptors (Lipinski definition) is 16. The summed E-state index contributed by atoms with van der Waals surface area (Å²) in [4.78, 5) is 60.0. The van der Waals surface area contributed by atoms with Crippen molar-refractivity contribution < 1.29 is 71.8 Å². The maximum absolute atomic E-state index is 15.0. The van der Waals surface area contributed by atoms with Crippen LogP contribution in [0.1, 0.15) is 194 Å². The molecule has 8 N–H and O–H groups in total. The van der Waals surface area contributed by atoms with Crippen LogP contribution in [0.3, 0.4) is 0 Å². The van der Waals surface area contributed by atoms with Gasteiger partial charge in [0.05, 0.1) is 45.8 Å². The van der Waals surface area contributed by atoms with E-state index in [-0.39, 0.29) is 124 Å². The fourth-order valence-corrected chi connectivity index (χ4v) is 22.0. The van der Waals surface area contributed by atoms with Crippen LogP contribution in [0, 0.1) is 27.7 Å². The first-order valence-electron chi connectivity index (χ1n) is 48.9. The van der Waals surface area contributed by atoms with E-state index >= 15 is 19.2 Å². The van der Waals surface area contributed by atoms with Crippen molar-refractivity contribution in [3.05, 3.63) is 378 Å². The van der Waals surface area contributed by atoms with Crippen LogP contribution in [0.25, 0.3) is 0 Å². The predicted molar refractivity (Wildman–Crippen MR) is 568 cm³/mol. The van der Waals surface area contributed by atoms with Gasteiger partial charge in [-0.05, 0) is 213 Å². The first kappa shape index (κ1) is 109. The summed E-state index contributed by atoms with van der Waals surface area (Å²) in [5, 5.41) is 12.2. The molecule has 4 atom stereocenters. The molecule has 0 aliphatic heterocycles. The second-order valence-corrected chi connectivity index (χ2v) is 48.3. The van der Waals surface area contributed by atoms with Crippen molar-refractivity contribution in [1.82, 2.24) is 40.2 Å². The molecule has 1 aliphatic rings. The van der Waals surface area contributed by atoms with Crippen LogP contribution in [0.5, 0.6) is 23.0 Å². The molecule has 760 valence electrons. The molecule has 1 aliphatic carbocycles. The van der Waals surface area contributed by atoms with Gasteiger partial charge in [0.25, 0.3) is 0 Å². The van der Waals surface area contributed by atoms with Gasteiger partial charge in [0.1, 0.15) is 73.6 Å². The van der Waals surface area contributed by atoms with Gasteiger partial charge >= 0.3 is 0 Å². The van der Waals surface area contributed by atoms with E-state index in [9.17, 15) is 33.7 Å². The topological polar surface area (TPSA) is 338 Å². The molecule has 0 fully saturated rings. The highest BCUT2D eigenvalue weighted by Crippen LogP contribution is 2.45. The van der Waals surface area contributed by atoms with Crippen molar-refractivity contribution in [2.75, 3.05) is 52.6 Å². The molecule has 24 nitrogen and oxygen atoms in total. The number of carbonyl (C=O) groups is 4. The Morgan fingerprint density at radius 2 is 0.410 bits per heavy atom. The summed E-state index contributed by atoms with van der Waals surface area (Å²) in [7, 11) is -17.0.